The number of aliphatic hydroxyl groups excluding tert-OH is 2. The molecule has 0 aromatic rings. The molecule has 0 fully saturated rings. The lowest BCUT2D eigenvalue weighted by Crippen LogP contribution is -2.46. The molecule has 0 saturated carbocycles. The number of nitrogens with one attached hydrogen (secondary N) is 1. The summed E-state index contributed by atoms with van der Waals surface area (Å²) >= 11 is 0. The van der Waals surface area contributed by atoms with Crippen LogP contribution in [0.2, 0.25) is 0 Å². The van der Waals surface area contributed by atoms with Gasteiger partial charge >= 0.3 is 0 Å². The predicted molar refractivity (Wildman–Crippen MR) is 48.8 cm³/mol. The zero-order valence-corrected chi connectivity index (χ0v) is 7.83. The lowest BCUT2D eigenvalue weighted by Gasteiger charge is -2.24. The third-order valence-electron chi connectivity index (χ3n) is 2.15. The Kier molecular flexibility index (Phi) is 6.28. The topological polar surface area (TPSA) is 78.5 Å². The zero-order chi connectivity index (χ0) is 9.56. The second-order valence-corrected chi connectivity index (χ2v) is 3.23. The Bertz CT molecular complexity index is 107. The van der Waals surface area contributed by atoms with Crippen LogP contribution in [0.3, 0.4) is 0 Å². The molecule has 0 spiro atoms. The number of nitrogens with two attached hydrogens (primary N) is 1. The van der Waals surface area contributed by atoms with E-state index in [1.54, 1.807) is 0 Å². The van der Waals surface area contributed by atoms with Crippen molar-refractivity contribution < 1.29 is 10.2 Å². The highest BCUT2D eigenvalue weighted by Gasteiger charge is 2.14. The van der Waals surface area contributed by atoms with Gasteiger partial charge in [0.15, 0.2) is 0 Å². The summed E-state index contributed by atoms with van der Waals surface area (Å²) in [7, 11) is 0. The quantitative estimate of drug-likeness (QED) is 0.415. The van der Waals surface area contributed by atoms with E-state index in [0.29, 0.717) is 6.54 Å². The van der Waals surface area contributed by atoms with Crippen LogP contribution in [0.25, 0.3) is 0 Å². The SMILES string of the molecule is CC(CO)C(C)NC(CN)CO. The number of hydrogen-bond donors (Lipinski definition) is 4. The molecule has 12 heavy (non-hydrogen) atoms. The maximum atomic E-state index is 8.83. The van der Waals surface area contributed by atoms with Crippen LogP contribution in [0.4, 0.5) is 0 Å². The first kappa shape index (κ1) is 11.8. The Morgan fingerprint density at radius 2 is 1.83 bits per heavy atom. The zero-order valence-electron chi connectivity index (χ0n) is 7.83. The van der Waals surface area contributed by atoms with Crippen molar-refractivity contribution in [2.45, 2.75) is 25.9 Å². The smallest absolute Gasteiger partial charge is 0.0597 e. The normalized spacial score (nSPS) is 18.8. The highest BCUT2D eigenvalue weighted by atomic mass is 16.3. The molecule has 74 valence electrons. The second kappa shape index (κ2) is 6.37. The van der Waals surface area contributed by atoms with E-state index >= 15 is 0 Å². The first-order valence-corrected chi connectivity index (χ1v) is 4.33. The van der Waals surface area contributed by atoms with E-state index < -0.39 is 0 Å². The Hall–Kier alpha value is -0.160. The van der Waals surface area contributed by atoms with Gasteiger partial charge in [0.05, 0.1) is 6.61 Å². The fourth-order valence-corrected chi connectivity index (χ4v) is 0.889. The average Bonchev–Trinajstić information content (AvgIpc) is 2.12. The molecule has 0 bridgehead atoms. The highest BCUT2D eigenvalue weighted by Crippen LogP contribution is 2.01. The van der Waals surface area contributed by atoms with Crippen molar-refractivity contribution in [3.8, 4) is 0 Å². The number of hydrogen-bond acceptors (Lipinski definition) is 4. The van der Waals surface area contributed by atoms with E-state index in [1.807, 2.05) is 13.8 Å². The van der Waals surface area contributed by atoms with Crippen molar-refractivity contribution in [3.05, 3.63) is 0 Å². The predicted octanol–water partition coefficient (Wildman–Crippen LogP) is -1.09. The fraction of sp³-hybridized carbons (Fsp3) is 1.00. The Labute approximate surface area is 73.8 Å². The molecule has 0 radical (unpaired) electrons. The lowest BCUT2D eigenvalue weighted by molar-refractivity contribution is 0.181. The Balaban J connectivity index is 3.72. The van der Waals surface area contributed by atoms with Crippen LogP contribution in [-0.2, 0) is 0 Å². The third-order valence-corrected chi connectivity index (χ3v) is 2.15. The van der Waals surface area contributed by atoms with Crippen molar-refractivity contribution in [1.82, 2.24) is 5.32 Å². The number of aliphatic hydroxyl groups is 2. The molecule has 0 aromatic carbocycles. The first-order valence-electron chi connectivity index (χ1n) is 4.33. The van der Waals surface area contributed by atoms with Gasteiger partial charge in [-0.3, -0.25) is 0 Å². The van der Waals surface area contributed by atoms with Crippen molar-refractivity contribution in [2.75, 3.05) is 19.8 Å². The van der Waals surface area contributed by atoms with Gasteiger partial charge in [-0.2, -0.15) is 0 Å². The van der Waals surface area contributed by atoms with Crippen molar-refractivity contribution in [3.63, 3.8) is 0 Å². The molecule has 0 amide bonds. The van der Waals surface area contributed by atoms with Crippen LogP contribution < -0.4 is 11.1 Å². The monoisotopic (exact) mass is 176 g/mol. The molecule has 3 atom stereocenters. The van der Waals surface area contributed by atoms with Crippen molar-refractivity contribution >= 4 is 0 Å². The third kappa shape index (κ3) is 4.01. The van der Waals surface area contributed by atoms with Crippen LogP contribution in [-0.4, -0.2) is 42.1 Å². The van der Waals surface area contributed by atoms with Gasteiger partial charge in [0.25, 0.3) is 0 Å². The van der Waals surface area contributed by atoms with Gasteiger partial charge in [0, 0.05) is 25.2 Å². The van der Waals surface area contributed by atoms with Crippen molar-refractivity contribution in [2.24, 2.45) is 11.7 Å². The molecule has 5 N–H and O–H groups in total. The molecule has 4 nitrogen and oxygen atoms in total. The van der Waals surface area contributed by atoms with Gasteiger partial charge in [0.1, 0.15) is 0 Å². The Morgan fingerprint density at radius 1 is 1.25 bits per heavy atom. The summed E-state index contributed by atoms with van der Waals surface area (Å²) in [6.07, 6.45) is 0. The minimum Gasteiger partial charge on any atom is -0.396 e. The van der Waals surface area contributed by atoms with Crippen LogP contribution >= 0.6 is 0 Å². The fourth-order valence-electron chi connectivity index (χ4n) is 0.889. The van der Waals surface area contributed by atoms with Crippen molar-refractivity contribution in [1.29, 1.82) is 0 Å². The molecule has 0 aliphatic carbocycles. The summed E-state index contributed by atoms with van der Waals surface area (Å²) < 4.78 is 0. The molecular formula is C8H20N2O2. The summed E-state index contributed by atoms with van der Waals surface area (Å²) in [6.45, 7) is 4.52. The van der Waals surface area contributed by atoms with Gasteiger partial charge in [-0.05, 0) is 12.8 Å². The van der Waals surface area contributed by atoms with E-state index in [9.17, 15) is 0 Å². The molecule has 0 rings (SSSR count). The van der Waals surface area contributed by atoms with E-state index in [4.69, 9.17) is 15.9 Å². The van der Waals surface area contributed by atoms with E-state index in [-0.39, 0.29) is 31.2 Å². The minimum atomic E-state index is -0.0611. The maximum absolute atomic E-state index is 8.83. The van der Waals surface area contributed by atoms with Gasteiger partial charge in [-0.15, -0.1) is 0 Å². The largest absolute Gasteiger partial charge is 0.396 e. The summed E-state index contributed by atoms with van der Waals surface area (Å²) in [6, 6.07) is 0.115. The summed E-state index contributed by atoms with van der Waals surface area (Å²) in [5.41, 5.74) is 5.39. The van der Waals surface area contributed by atoms with Gasteiger partial charge in [0.2, 0.25) is 0 Å². The van der Waals surface area contributed by atoms with Crippen LogP contribution in [0.5, 0.6) is 0 Å². The first-order chi connectivity index (χ1) is 5.65. The summed E-state index contributed by atoms with van der Waals surface area (Å²) in [5, 5.41) is 20.8. The molecule has 0 saturated heterocycles. The molecule has 4 heteroatoms. The van der Waals surface area contributed by atoms with E-state index in [2.05, 4.69) is 5.32 Å². The van der Waals surface area contributed by atoms with Gasteiger partial charge < -0.3 is 21.3 Å². The van der Waals surface area contributed by atoms with Gasteiger partial charge in [-0.1, -0.05) is 6.92 Å². The molecular weight excluding hydrogens is 156 g/mol. The van der Waals surface area contributed by atoms with Gasteiger partial charge in [-0.25, -0.2) is 0 Å². The van der Waals surface area contributed by atoms with Crippen LogP contribution in [0, 0.1) is 5.92 Å². The average molecular weight is 176 g/mol. The standard InChI is InChI=1S/C8H20N2O2/c1-6(4-11)7(2)10-8(3-9)5-12/h6-8,10-12H,3-5,9H2,1-2H3. The number of rotatable bonds is 6. The second-order valence-electron chi connectivity index (χ2n) is 3.23. The molecule has 0 aromatic heterocycles. The maximum Gasteiger partial charge on any atom is 0.0597 e. The Morgan fingerprint density at radius 3 is 2.17 bits per heavy atom. The van der Waals surface area contributed by atoms with E-state index in [1.165, 1.54) is 0 Å². The lowest BCUT2D eigenvalue weighted by atomic mass is 10.0. The van der Waals surface area contributed by atoms with Crippen LogP contribution in [0.15, 0.2) is 0 Å². The minimum absolute atomic E-state index is 0.0407. The summed E-state index contributed by atoms with van der Waals surface area (Å²) in [5.74, 6) is 0.186. The highest BCUT2D eigenvalue weighted by molar-refractivity contribution is 4.74. The van der Waals surface area contributed by atoms with Crippen LogP contribution in [0.1, 0.15) is 13.8 Å². The molecule has 0 aliphatic rings. The summed E-state index contributed by atoms with van der Waals surface area (Å²) in [4.78, 5) is 0. The molecule has 3 unspecified atom stereocenters. The molecule has 0 heterocycles. The molecule has 0 aliphatic heterocycles. The van der Waals surface area contributed by atoms with E-state index in [0.717, 1.165) is 0 Å².